The van der Waals surface area contributed by atoms with Crippen LogP contribution >= 0.6 is 0 Å². The van der Waals surface area contributed by atoms with Crippen molar-refractivity contribution in [2.24, 2.45) is 0 Å². The van der Waals surface area contributed by atoms with Gasteiger partial charge in [0.1, 0.15) is 5.76 Å². The highest BCUT2D eigenvalue weighted by molar-refractivity contribution is 5.57. The van der Waals surface area contributed by atoms with E-state index in [1.165, 1.54) is 0 Å². The maximum absolute atomic E-state index is 5.33. The molecule has 1 unspecified atom stereocenters. The van der Waals surface area contributed by atoms with Gasteiger partial charge in [0.15, 0.2) is 0 Å². The van der Waals surface area contributed by atoms with Crippen molar-refractivity contribution in [3.63, 3.8) is 0 Å². The zero-order chi connectivity index (χ0) is 11.3. The molecule has 0 fully saturated rings. The summed E-state index contributed by atoms with van der Waals surface area (Å²) < 4.78 is 10.5. The lowest BCUT2D eigenvalue weighted by molar-refractivity contribution is 0.116. The molecule has 1 aromatic rings. The predicted octanol–water partition coefficient (Wildman–Crippen LogP) is 2.80. The minimum absolute atomic E-state index is 0.0145. The summed E-state index contributed by atoms with van der Waals surface area (Å²) in [5.74, 6) is 0.671. The lowest BCUT2D eigenvalue weighted by Crippen LogP contribution is -2.00. The molecule has 1 heterocycles. The van der Waals surface area contributed by atoms with E-state index in [0.29, 0.717) is 12.4 Å². The van der Waals surface area contributed by atoms with Crippen molar-refractivity contribution in [1.82, 2.24) is 4.98 Å². The molecule has 0 N–H and O–H groups in total. The Morgan fingerprint density at radius 1 is 1.60 bits per heavy atom. The van der Waals surface area contributed by atoms with E-state index in [1.54, 1.807) is 13.3 Å². The fourth-order valence-corrected chi connectivity index (χ4v) is 1.22. The number of rotatable bonds is 5. The average Bonchev–Trinajstić information content (AvgIpc) is 2.28. The number of nitrogens with zero attached hydrogens (tertiary/aromatic N) is 1. The normalized spacial score (nSPS) is 12.2. The lowest BCUT2D eigenvalue weighted by Gasteiger charge is -2.11. The van der Waals surface area contributed by atoms with E-state index in [2.05, 4.69) is 11.6 Å². The van der Waals surface area contributed by atoms with Gasteiger partial charge in [0.05, 0.1) is 18.4 Å². The van der Waals surface area contributed by atoms with Crippen molar-refractivity contribution in [1.29, 1.82) is 0 Å². The molecule has 1 rings (SSSR count). The maximum atomic E-state index is 5.33. The third-order valence-corrected chi connectivity index (χ3v) is 2.19. The van der Waals surface area contributed by atoms with E-state index in [-0.39, 0.29) is 6.10 Å². The topological polar surface area (TPSA) is 31.4 Å². The van der Waals surface area contributed by atoms with Crippen molar-refractivity contribution in [3.05, 3.63) is 36.2 Å². The van der Waals surface area contributed by atoms with Crippen LogP contribution in [0.1, 0.15) is 31.2 Å². The summed E-state index contributed by atoms with van der Waals surface area (Å²) in [6.45, 7) is 8.36. The second kappa shape index (κ2) is 5.51. The Morgan fingerprint density at radius 2 is 2.33 bits per heavy atom. The van der Waals surface area contributed by atoms with Gasteiger partial charge < -0.3 is 9.47 Å². The third-order valence-electron chi connectivity index (χ3n) is 2.19. The van der Waals surface area contributed by atoms with E-state index >= 15 is 0 Å². The Balaban J connectivity index is 2.87. The Hall–Kier alpha value is -1.35. The zero-order valence-electron chi connectivity index (χ0n) is 9.49. The summed E-state index contributed by atoms with van der Waals surface area (Å²) in [5, 5.41) is 0. The molecule has 0 aliphatic heterocycles. The number of aromatic nitrogens is 1. The van der Waals surface area contributed by atoms with Crippen molar-refractivity contribution in [2.75, 3.05) is 13.7 Å². The highest BCUT2D eigenvalue weighted by Crippen LogP contribution is 2.18. The Morgan fingerprint density at radius 3 is 2.93 bits per heavy atom. The van der Waals surface area contributed by atoms with Gasteiger partial charge in [-0.05, 0) is 26.0 Å². The van der Waals surface area contributed by atoms with Crippen LogP contribution in [-0.2, 0) is 9.47 Å². The lowest BCUT2D eigenvalue weighted by atomic mass is 10.1. The van der Waals surface area contributed by atoms with Crippen LogP contribution in [0.25, 0.3) is 5.76 Å². The number of hydrogen-bond donors (Lipinski definition) is 0. The van der Waals surface area contributed by atoms with Gasteiger partial charge in [0, 0.05) is 18.9 Å². The maximum Gasteiger partial charge on any atom is 0.119 e. The molecule has 3 nitrogen and oxygen atoms in total. The molecular formula is C12H17NO2. The quantitative estimate of drug-likeness (QED) is 0.696. The van der Waals surface area contributed by atoms with E-state index in [1.807, 2.05) is 26.0 Å². The Bertz CT molecular complexity index is 336. The van der Waals surface area contributed by atoms with E-state index < -0.39 is 0 Å². The molecule has 0 aliphatic carbocycles. The van der Waals surface area contributed by atoms with Crippen LogP contribution in [0, 0.1) is 0 Å². The fourth-order valence-electron chi connectivity index (χ4n) is 1.22. The summed E-state index contributed by atoms with van der Waals surface area (Å²) in [4.78, 5) is 4.23. The van der Waals surface area contributed by atoms with E-state index in [9.17, 15) is 0 Å². The number of pyridine rings is 1. The number of ether oxygens (including phenoxy) is 2. The Labute approximate surface area is 90.7 Å². The molecule has 0 radical (unpaired) electrons. The molecule has 1 aromatic heterocycles. The second-order valence-electron chi connectivity index (χ2n) is 3.20. The molecule has 3 heteroatoms. The Kier molecular flexibility index (Phi) is 4.31. The molecule has 0 aliphatic rings. The first-order valence-electron chi connectivity index (χ1n) is 4.99. The van der Waals surface area contributed by atoms with Crippen molar-refractivity contribution >= 4 is 5.76 Å². The third kappa shape index (κ3) is 3.06. The standard InChI is InChI=1S/C12H17NO2/c1-5-15-9(2)11-6-7-13-12(8-11)10(3)14-4/h6-8,10H,2,5H2,1,3-4H3. The zero-order valence-corrected chi connectivity index (χ0v) is 9.49. The minimum atomic E-state index is -0.0145. The first-order valence-corrected chi connectivity index (χ1v) is 4.99. The monoisotopic (exact) mass is 207 g/mol. The van der Waals surface area contributed by atoms with Gasteiger partial charge in [0.25, 0.3) is 0 Å². The highest BCUT2D eigenvalue weighted by atomic mass is 16.5. The van der Waals surface area contributed by atoms with Gasteiger partial charge in [0.2, 0.25) is 0 Å². The van der Waals surface area contributed by atoms with Crippen molar-refractivity contribution < 1.29 is 9.47 Å². The summed E-state index contributed by atoms with van der Waals surface area (Å²) in [5.41, 5.74) is 1.83. The van der Waals surface area contributed by atoms with Crippen LogP contribution in [0.3, 0.4) is 0 Å². The van der Waals surface area contributed by atoms with E-state index in [4.69, 9.17) is 9.47 Å². The summed E-state index contributed by atoms with van der Waals surface area (Å²) in [6.07, 6.45) is 1.73. The van der Waals surface area contributed by atoms with Gasteiger partial charge in [-0.15, -0.1) is 0 Å². The highest BCUT2D eigenvalue weighted by Gasteiger charge is 2.07. The predicted molar refractivity (Wildman–Crippen MR) is 60.3 cm³/mol. The van der Waals surface area contributed by atoms with Crippen LogP contribution in [-0.4, -0.2) is 18.7 Å². The van der Waals surface area contributed by atoms with Crippen molar-refractivity contribution in [3.8, 4) is 0 Å². The molecule has 1 atom stereocenters. The summed E-state index contributed by atoms with van der Waals surface area (Å²) in [7, 11) is 1.66. The van der Waals surface area contributed by atoms with Gasteiger partial charge in [-0.25, -0.2) is 0 Å². The molecular weight excluding hydrogens is 190 g/mol. The molecule has 82 valence electrons. The van der Waals surface area contributed by atoms with Gasteiger partial charge >= 0.3 is 0 Å². The number of hydrogen-bond acceptors (Lipinski definition) is 3. The average molecular weight is 207 g/mol. The molecule has 0 saturated heterocycles. The van der Waals surface area contributed by atoms with Crippen molar-refractivity contribution in [2.45, 2.75) is 20.0 Å². The molecule has 15 heavy (non-hydrogen) atoms. The van der Waals surface area contributed by atoms with Gasteiger partial charge in [-0.1, -0.05) is 6.58 Å². The molecule has 0 spiro atoms. The van der Waals surface area contributed by atoms with Crippen LogP contribution in [0.4, 0.5) is 0 Å². The molecule has 0 aromatic carbocycles. The SMILES string of the molecule is C=C(OCC)c1ccnc(C(C)OC)c1. The summed E-state index contributed by atoms with van der Waals surface area (Å²) in [6, 6.07) is 3.82. The van der Waals surface area contributed by atoms with Crippen LogP contribution in [0.15, 0.2) is 24.9 Å². The van der Waals surface area contributed by atoms with Gasteiger partial charge in [-0.2, -0.15) is 0 Å². The first kappa shape index (κ1) is 11.7. The molecule has 0 amide bonds. The molecule has 0 saturated carbocycles. The van der Waals surface area contributed by atoms with Crippen LogP contribution < -0.4 is 0 Å². The number of methoxy groups -OCH3 is 1. The second-order valence-corrected chi connectivity index (χ2v) is 3.20. The van der Waals surface area contributed by atoms with Crippen LogP contribution in [0.5, 0.6) is 0 Å². The largest absolute Gasteiger partial charge is 0.494 e. The minimum Gasteiger partial charge on any atom is -0.494 e. The van der Waals surface area contributed by atoms with Gasteiger partial charge in [-0.3, -0.25) is 4.98 Å². The smallest absolute Gasteiger partial charge is 0.119 e. The van der Waals surface area contributed by atoms with Crippen LogP contribution in [0.2, 0.25) is 0 Å². The molecule has 0 bridgehead atoms. The summed E-state index contributed by atoms with van der Waals surface area (Å²) >= 11 is 0. The first-order chi connectivity index (χ1) is 7.19. The van der Waals surface area contributed by atoms with E-state index in [0.717, 1.165) is 11.3 Å². The fraction of sp³-hybridized carbons (Fsp3) is 0.417.